The average Bonchev–Trinajstić information content (AvgIpc) is 2.86. The highest BCUT2D eigenvalue weighted by atomic mass is 35.5. The van der Waals surface area contributed by atoms with E-state index in [0.717, 1.165) is 4.31 Å². The Morgan fingerprint density at radius 1 is 0.944 bits per heavy atom. The Hall–Kier alpha value is -3.07. The smallest absolute Gasteiger partial charge is 0.264 e. The first-order valence-electron chi connectivity index (χ1n) is 11.1. The number of aryl methyl sites for hydroxylation is 1. The predicted molar refractivity (Wildman–Crippen MR) is 143 cm³/mol. The minimum atomic E-state index is -4.15. The summed E-state index contributed by atoms with van der Waals surface area (Å²) < 4.78 is 28.5. The first kappa shape index (κ1) is 27.5. The molecule has 0 fully saturated rings. The Balaban J connectivity index is 2.07. The van der Waals surface area contributed by atoms with Gasteiger partial charge in [0.15, 0.2) is 0 Å². The van der Waals surface area contributed by atoms with E-state index in [1.165, 1.54) is 30.1 Å². The minimum Gasteiger partial charge on any atom is -0.357 e. The third kappa shape index (κ3) is 6.37. The van der Waals surface area contributed by atoms with Crippen LogP contribution in [-0.4, -0.2) is 44.8 Å². The molecule has 0 saturated carbocycles. The maximum atomic E-state index is 13.7. The summed E-state index contributed by atoms with van der Waals surface area (Å²) in [5, 5.41) is 3.35. The van der Waals surface area contributed by atoms with E-state index >= 15 is 0 Å². The summed E-state index contributed by atoms with van der Waals surface area (Å²) in [6, 6.07) is 18.7. The molecular weight excluding hydrogens is 521 g/mol. The van der Waals surface area contributed by atoms with E-state index in [1.54, 1.807) is 68.4 Å². The van der Waals surface area contributed by atoms with Crippen LogP contribution < -0.4 is 9.62 Å². The highest BCUT2D eigenvalue weighted by molar-refractivity contribution is 7.92. The van der Waals surface area contributed by atoms with Crippen LogP contribution in [0.4, 0.5) is 5.69 Å². The number of nitrogens with one attached hydrogen (secondary N) is 1. The Labute approximate surface area is 221 Å². The van der Waals surface area contributed by atoms with E-state index in [2.05, 4.69) is 5.32 Å². The molecule has 190 valence electrons. The van der Waals surface area contributed by atoms with Gasteiger partial charge in [0.2, 0.25) is 11.8 Å². The molecule has 0 spiro atoms. The molecule has 0 bridgehead atoms. The van der Waals surface area contributed by atoms with Gasteiger partial charge in [-0.3, -0.25) is 13.9 Å². The molecule has 1 N–H and O–H groups in total. The van der Waals surface area contributed by atoms with Crippen LogP contribution in [0.3, 0.4) is 0 Å². The molecule has 0 aliphatic carbocycles. The van der Waals surface area contributed by atoms with Gasteiger partial charge < -0.3 is 10.2 Å². The fourth-order valence-corrected chi connectivity index (χ4v) is 5.58. The minimum absolute atomic E-state index is 0.0258. The van der Waals surface area contributed by atoms with Crippen molar-refractivity contribution in [2.75, 3.05) is 17.9 Å². The molecule has 0 saturated heterocycles. The van der Waals surface area contributed by atoms with Gasteiger partial charge in [0, 0.05) is 23.6 Å². The first-order valence-corrected chi connectivity index (χ1v) is 13.3. The Bertz CT molecular complexity index is 1350. The number of sulfonamides is 1. The molecule has 0 aliphatic heterocycles. The van der Waals surface area contributed by atoms with E-state index in [1.807, 2.05) is 0 Å². The van der Waals surface area contributed by atoms with Crippen LogP contribution in [-0.2, 0) is 26.2 Å². The summed E-state index contributed by atoms with van der Waals surface area (Å²) in [7, 11) is -2.67. The van der Waals surface area contributed by atoms with Crippen LogP contribution in [0.1, 0.15) is 18.1 Å². The van der Waals surface area contributed by atoms with Crippen molar-refractivity contribution in [1.82, 2.24) is 10.2 Å². The summed E-state index contributed by atoms with van der Waals surface area (Å²) in [6.45, 7) is 2.84. The van der Waals surface area contributed by atoms with E-state index in [-0.39, 0.29) is 23.0 Å². The molecule has 3 rings (SSSR count). The van der Waals surface area contributed by atoms with Gasteiger partial charge in [-0.1, -0.05) is 59.6 Å². The van der Waals surface area contributed by atoms with Crippen LogP contribution in [0, 0.1) is 6.92 Å². The largest absolute Gasteiger partial charge is 0.357 e. The van der Waals surface area contributed by atoms with Gasteiger partial charge in [-0.2, -0.15) is 0 Å². The molecule has 2 amide bonds. The molecular formula is C26H27Cl2N3O4S. The number of halogens is 2. The highest BCUT2D eigenvalue weighted by Gasteiger charge is 2.33. The number of anilines is 1. The first-order chi connectivity index (χ1) is 17.0. The van der Waals surface area contributed by atoms with Gasteiger partial charge in [0.05, 0.1) is 10.6 Å². The van der Waals surface area contributed by atoms with Crippen molar-refractivity contribution in [1.29, 1.82) is 0 Å². The zero-order chi connectivity index (χ0) is 26.5. The molecule has 3 aromatic rings. The van der Waals surface area contributed by atoms with Crippen molar-refractivity contribution in [3.63, 3.8) is 0 Å². The molecule has 0 radical (unpaired) electrons. The molecule has 0 aromatic heterocycles. The second kappa shape index (κ2) is 11.8. The summed E-state index contributed by atoms with van der Waals surface area (Å²) >= 11 is 12.3. The highest BCUT2D eigenvalue weighted by Crippen LogP contribution is 2.30. The molecule has 1 atom stereocenters. The standard InChI is InChI=1S/C26H27Cl2N3O4S/c1-18-12-13-22(28)15-24(18)31(36(34,35)23-10-5-4-6-11-23)17-25(32)30(19(2)26(33)29-3)16-20-8-7-9-21(27)14-20/h4-15,19H,16-17H2,1-3H3,(H,29,33). The van der Waals surface area contributed by atoms with Crippen molar-refractivity contribution < 1.29 is 18.0 Å². The van der Waals surface area contributed by atoms with Crippen LogP contribution in [0.15, 0.2) is 77.7 Å². The summed E-state index contributed by atoms with van der Waals surface area (Å²) in [4.78, 5) is 27.6. The van der Waals surface area contributed by atoms with Crippen molar-refractivity contribution in [2.24, 2.45) is 0 Å². The summed E-state index contributed by atoms with van der Waals surface area (Å²) in [5.74, 6) is -0.952. The monoisotopic (exact) mass is 547 g/mol. The average molecular weight is 548 g/mol. The third-order valence-corrected chi connectivity index (χ3v) is 7.95. The lowest BCUT2D eigenvalue weighted by atomic mass is 10.1. The van der Waals surface area contributed by atoms with E-state index in [9.17, 15) is 18.0 Å². The zero-order valence-corrected chi connectivity index (χ0v) is 22.4. The Morgan fingerprint density at radius 3 is 2.25 bits per heavy atom. The van der Waals surface area contributed by atoms with Gasteiger partial charge in [0.1, 0.15) is 12.6 Å². The van der Waals surface area contributed by atoms with Crippen LogP contribution >= 0.6 is 23.2 Å². The molecule has 7 nitrogen and oxygen atoms in total. The molecule has 3 aromatic carbocycles. The van der Waals surface area contributed by atoms with Crippen molar-refractivity contribution in [3.8, 4) is 0 Å². The van der Waals surface area contributed by atoms with Crippen molar-refractivity contribution >= 4 is 50.7 Å². The molecule has 36 heavy (non-hydrogen) atoms. The lowest BCUT2D eigenvalue weighted by molar-refractivity contribution is -0.139. The number of nitrogens with zero attached hydrogens (tertiary/aromatic N) is 2. The number of benzene rings is 3. The Kier molecular flexibility index (Phi) is 9.00. The maximum absolute atomic E-state index is 13.7. The van der Waals surface area contributed by atoms with Gasteiger partial charge in [0.25, 0.3) is 10.0 Å². The quantitative estimate of drug-likeness (QED) is 0.422. The van der Waals surface area contributed by atoms with Gasteiger partial charge >= 0.3 is 0 Å². The second-order valence-electron chi connectivity index (χ2n) is 8.20. The van der Waals surface area contributed by atoms with Crippen LogP contribution in [0.5, 0.6) is 0 Å². The lowest BCUT2D eigenvalue weighted by Crippen LogP contribution is -2.50. The second-order valence-corrected chi connectivity index (χ2v) is 10.9. The molecule has 1 unspecified atom stereocenters. The van der Waals surface area contributed by atoms with E-state index in [0.29, 0.717) is 21.2 Å². The van der Waals surface area contributed by atoms with Gasteiger partial charge in [-0.15, -0.1) is 0 Å². The lowest BCUT2D eigenvalue weighted by Gasteiger charge is -2.32. The fourth-order valence-electron chi connectivity index (χ4n) is 3.71. The van der Waals surface area contributed by atoms with Crippen molar-refractivity contribution in [3.05, 3.63) is 94.0 Å². The molecule has 0 aliphatic rings. The maximum Gasteiger partial charge on any atom is 0.264 e. The van der Waals surface area contributed by atoms with Gasteiger partial charge in [-0.05, 0) is 61.4 Å². The number of hydrogen-bond donors (Lipinski definition) is 1. The predicted octanol–water partition coefficient (Wildman–Crippen LogP) is 4.66. The normalized spacial score (nSPS) is 12.0. The third-order valence-electron chi connectivity index (χ3n) is 5.71. The molecule has 10 heteroatoms. The number of amides is 2. The summed E-state index contributed by atoms with van der Waals surface area (Å²) in [6.07, 6.45) is 0. The SMILES string of the molecule is CNC(=O)C(C)N(Cc1cccc(Cl)c1)C(=O)CN(c1cc(Cl)ccc1C)S(=O)(=O)c1ccccc1. The fraction of sp³-hybridized carbons (Fsp3) is 0.231. The zero-order valence-electron chi connectivity index (χ0n) is 20.1. The van der Waals surface area contributed by atoms with Crippen molar-refractivity contribution in [2.45, 2.75) is 31.3 Å². The number of carbonyl (C=O) groups is 2. The van der Waals surface area contributed by atoms with Gasteiger partial charge in [-0.25, -0.2) is 8.42 Å². The number of carbonyl (C=O) groups excluding carboxylic acids is 2. The number of hydrogen-bond acceptors (Lipinski definition) is 4. The topological polar surface area (TPSA) is 86.8 Å². The number of likely N-dealkylation sites (N-methyl/N-ethyl adjacent to an activating group) is 1. The van der Waals surface area contributed by atoms with Crippen LogP contribution in [0.2, 0.25) is 10.0 Å². The van der Waals surface area contributed by atoms with E-state index < -0.39 is 28.5 Å². The van der Waals surface area contributed by atoms with E-state index in [4.69, 9.17) is 23.2 Å². The Morgan fingerprint density at radius 2 is 1.61 bits per heavy atom. The summed E-state index contributed by atoms with van der Waals surface area (Å²) in [5.41, 5.74) is 1.59. The molecule has 0 heterocycles. The van der Waals surface area contributed by atoms with Crippen LogP contribution in [0.25, 0.3) is 0 Å². The number of rotatable bonds is 9.